The van der Waals surface area contributed by atoms with Gasteiger partial charge in [0.1, 0.15) is 0 Å². The van der Waals surface area contributed by atoms with E-state index in [0.717, 1.165) is 11.8 Å². The highest BCUT2D eigenvalue weighted by atomic mass is 14.4. The molecule has 2 rings (SSSR count). The maximum atomic E-state index is 8.64. The van der Waals surface area contributed by atoms with Crippen LogP contribution in [0.1, 0.15) is 25.7 Å². The molecule has 2 unspecified atom stereocenters. The van der Waals surface area contributed by atoms with Gasteiger partial charge in [0.05, 0.1) is 6.07 Å². The normalized spacial score (nSPS) is 47.2. The van der Waals surface area contributed by atoms with Crippen molar-refractivity contribution in [1.82, 2.24) is 0 Å². The van der Waals surface area contributed by atoms with E-state index in [4.69, 9.17) is 5.26 Å². The van der Waals surface area contributed by atoms with E-state index < -0.39 is 0 Å². The van der Waals surface area contributed by atoms with E-state index in [1.54, 1.807) is 0 Å². The van der Waals surface area contributed by atoms with E-state index in [-0.39, 0.29) is 0 Å². The molecule has 0 spiro atoms. The molecule has 0 aromatic heterocycles. The fourth-order valence-corrected chi connectivity index (χ4v) is 2.40. The Kier molecular flexibility index (Phi) is 1.02. The first-order valence-corrected chi connectivity index (χ1v) is 3.80. The highest BCUT2D eigenvalue weighted by Gasteiger charge is 2.39. The maximum absolute atomic E-state index is 8.64. The van der Waals surface area contributed by atoms with Crippen LogP contribution in [0, 0.1) is 29.1 Å². The molecule has 3 atom stereocenters. The number of rotatable bonds is 0. The molecular weight excluding hydrogens is 110 g/mol. The third-order valence-corrected chi connectivity index (χ3v) is 2.90. The number of nitriles is 1. The summed E-state index contributed by atoms with van der Waals surface area (Å²) in [5, 5.41) is 8.64. The molecule has 9 heavy (non-hydrogen) atoms. The topological polar surface area (TPSA) is 23.8 Å². The van der Waals surface area contributed by atoms with Crippen LogP contribution >= 0.6 is 0 Å². The van der Waals surface area contributed by atoms with E-state index in [1.165, 1.54) is 25.7 Å². The van der Waals surface area contributed by atoms with Crippen LogP contribution < -0.4 is 0 Å². The molecule has 0 saturated heterocycles. The smallest absolute Gasteiger partial charge is 0.0658 e. The van der Waals surface area contributed by atoms with Gasteiger partial charge in [-0.15, -0.1) is 0 Å². The molecule has 0 N–H and O–H groups in total. The van der Waals surface area contributed by atoms with Gasteiger partial charge >= 0.3 is 0 Å². The zero-order valence-electron chi connectivity index (χ0n) is 5.51. The summed E-state index contributed by atoms with van der Waals surface area (Å²) in [6, 6.07) is 2.40. The summed E-state index contributed by atoms with van der Waals surface area (Å²) in [6.45, 7) is 0. The van der Waals surface area contributed by atoms with Gasteiger partial charge in [-0.2, -0.15) is 5.26 Å². The summed E-state index contributed by atoms with van der Waals surface area (Å²) >= 11 is 0. The van der Waals surface area contributed by atoms with Crippen LogP contribution in [-0.4, -0.2) is 0 Å². The molecule has 0 amide bonds. The predicted molar refractivity (Wildman–Crippen MR) is 34.6 cm³/mol. The summed E-state index contributed by atoms with van der Waals surface area (Å²) in [6.07, 6.45) is 5.31. The van der Waals surface area contributed by atoms with Gasteiger partial charge in [0.25, 0.3) is 0 Å². The average molecular weight is 121 g/mol. The van der Waals surface area contributed by atoms with Gasteiger partial charge in [-0.3, -0.25) is 0 Å². The summed E-state index contributed by atoms with van der Waals surface area (Å²) < 4.78 is 0. The van der Waals surface area contributed by atoms with Gasteiger partial charge in [-0.05, 0) is 31.1 Å². The standard InChI is InChI=1S/C8H11N/c9-5-8-4-6-1-2-7(8)3-6/h6-8H,1-4H2/t6?,7-,8?/m0/s1. The molecule has 0 radical (unpaired) electrons. The van der Waals surface area contributed by atoms with E-state index in [1.807, 2.05) is 0 Å². The van der Waals surface area contributed by atoms with Crippen LogP contribution in [0.15, 0.2) is 0 Å². The van der Waals surface area contributed by atoms with Crippen molar-refractivity contribution in [3.63, 3.8) is 0 Å². The van der Waals surface area contributed by atoms with Gasteiger partial charge in [-0.25, -0.2) is 0 Å². The quantitative estimate of drug-likeness (QED) is 0.480. The summed E-state index contributed by atoms with van der Waals surface area (Å²) in [5.74, 6) is 2.16. The van der Waals surface area contributed by atoms with Crippen LogP contribution in [0.3, 0.4) is 0 Å². The number of fused-ring (bicyclic) bond motifs is 2. The Hall–Kier alpha value is -0.510. The van der Waals surface area contributed by atoms with Crippen molar-refractivity contribution in [2.75, 3.05) is 0 Å². The lowest BCUT2D eigenvalue weighted by Crippen LogP contribution is -2.06. The van der Waals surface area contributed by atoms with Crippen LogP contribution in [0.2, 0.25) is 0 Å². The Morgan fingerprint density at radius 3 is 2.44 bits per heavy atom. The first-order chi connectivity index (χ1) is 4.40. The maximum Gasteiger partial charge on any atom is 0.0658 e. The Morgan fingerprint density at radius 1 is 1.22 bits per heavy atom. The zero-order valence-corrected chi connectivity index (χ0v) is 5.51. The molecule has 1 nitrogen and oxygen atoms in total. The van der Waals surface area contributed by atoms with Crippen molar-refractivity contribution in [1.29, 1.82) is 5.26 Å². The highest BCUT2D eigenvalue weighted by Crippen LogP contribution is 2.47. The second-order valence-electron chi connectivity index (χ2n) is 3.41. The molecule has 0 aliphatic heterocycles. The number of nitrogens with zero attached hydrogens (tertiary/aromatic N) is 1. The summed E-state index contributed by atoms with van der Waals surface area (Å²) in [7, 11) is 0. The van der Waals surface area contributed by atoms with Gasteiger partial charge in [0, 0.05) is 5.92 Å². The second kappa shape index (κ2) is 1.73. The zero-order chi connectivity index (χ0) is 6.27. The molecule has 2 bridgehead atoms. The van der Waals surface area contributed by atoms with E-state index >= 15 is 0 Å². The molecule has 0 aromatic rings. The average Bonchev–Trinajstić information content (AvgIpc) is 2.45. The van der Waals surface area contributed by atoms with Crippen molar-refractivity contribution in [3.8, 4) is 6.07 Å². The van der Waals surface area contributed by atoms with Crippen LogP contribution in [0.25, 0.3) is 0 Å². The van der Waals surface area contributed by atoms with Gasteiger partial charge in [-0.1, -0.05) is 6.42 Å². The second-order valence-corrected chi connectivity index (χ2v) is 3.41. The SMILES string of the molecule is N#CC1CC2CC[C@H]1C2. The third-order valence-electron chi connectivity index (χ3n) is 2.90. The first kappa shape index (κ1) is 5.29. The van der Waals surface area contributed by atoms with Gasteiger partial charge < -0.3 is 0 Å². The largest absolute Gasteiger partial charge is 0.198 e. The molecular formula is C8H11N. The minimum absolute atomic E-state index is 0.434. The molecule has 0 heterocycles. The Bertz CT molecular complexity index is 156. The summed E-state index contributed by atoms with van der Waals surface area (Å²) in [4.78, 5) is 0. The van der Waals surface area contributed by atoms with Crippen molar-refractivity contribution in [2.24, 2.45) is 17.8 Å². The molecule has 48 valence electrons. The van der Waals surface area contributed by atoms with E-state index in [9.17, 15) is 0 Å². The monoisotopic (exact) mass is 121 g/mol. The highest BCUT2D eigenvalue weighted by molar-refractivity contribution is 4.99. The molecule has 2 aliphatic carbocycles. The number of hydrogen-bond donors (Lipinski definition) is 0. The Balaban J connectivity index is 2.12. The molecule has 2 saturated carbocycles. The fraction of sp³-hybridized carbons (Fsp3) is 0.875. The minimum Gasteiger partial charge on any atom is -0.198 e. The van der Waals surface area contributed by atoms with E-state index in [0.29, 0.717) is 5.92 Å². The van der Waals surface area contributed by atoms with Crippen molar-refractivity contribution in [3.05, 3.63) is 0 Å². The Morgan fingerprint density at radius 2 is 2.11 bits per heavy atom. The van der Waals surface area contributed by atoms with Crippen LogP contribution in [0.5, 0.6) is 0 Å². The fourth-order valence-electron chi connectivity index (χ4n) is 2.40. The van der Waals surface area contributed by atoms with Crippen LogP contribution in [-0.2, 0) is 0 Å². The van der Waals surface area contributed by atoms with Gasteiger partial charge in [0.15, 0.2) is 0 Å². The Labute approximate surface area is 55.7 Å². The molecule has 0 aromatic carbocycles. The minimum atomic E-state index is 0.434. The summed E-state index contributed by atoms with van der Waals surface area (Å²) in [5.41, 5.74) is 0. The van der Waals surface area contributed by atoms with E-state index in [2.05, 4.69) is 6.07 Å². The molecule has 2 fully saturated rings. The molecule has 2 aliphatic rings. The lowest BCUT2D eigenvalue weighted by atomic mass is 9.90. The van der Waals surface area contributed by atoms with Crippen molar-refractivity contribution in [2.45, 2.75) is 25.7 Å². The predicted octanol–water partition coefficient (Wildman–Crippen LogP) is 1.95. The van der Waals surface area contributed by atoms with Gasteiger partial charge in [0.2, 0.25) is 0 Å². The van der Waals surface area contributed by atoms with Crippen molar-refractivity contribution >= 4 is 0 Å². The molecule has 1 heteroatoms. The number of hydrogen-bond acceptors (Lipinski definition) is 1. The van der Waals surface area contributed by atoms with Crippen molar-refractivity contribution < 1.29 is 0 Å². The lowest BCUT2D eigenvalue weighted by Gasteiger charge is -2.12. The van der Waals surface area contributed by atoms with Crippen LogP contribution in [0.4, 0.5) is 0 Å². The third kappa shape index (κ3) is 0.660. The lowest BCUT2D eigenvalue weighted by molar-refractivity contribution is 0.402. The first-order valence-electron chi connectivity index (χ1n) is 3.80.